The molecular weight excluding hydrogens is 479 g/mol. The minimum Gasteiger partial charge on any atom is -0.479 e. The molecule has 2 heterocycles. The third-order valence-electron chi connectivity index (χ3n) is 7.69. The number of ether oxygens (including phenoxy) is 1. The SMILES string of the molecule is N#C/C(=C/C1CN(CC2CCC(C(=O)O)O2)C2CCCCC12)C1CCC(I)CC1. The average Bonchev–Trinajstić information content (AvgIpc) is 3.33. The van der Waals surface area contributed by atoms with Gasteiger partial charge in [0.2, 0.25) is 0 Å². The molecule has 4 aliphatic rings. The van der Waals surface area contributed by atoms with E-state index in [1.165, 1.54) is 38.5 Å². The van der Waals surface area contributed by atoms with Crippen molar-refractivity contribution in [2.45, 2.75) is 86.4 Å². The lowest BCUT2D eigenvalue weighted by Crippen LogP contribution is -2.39. The molecule has 2 aliphatic carbocycles. The van der Waals surface area contributed by atoms with Crippen molar-refractivity contribution in [2.24, 2.45) is 17.8 Å². The van der Waals surface area contributed by atoms with Crippen LogP contribution in [0.15, 0.2) is 11.6 Å². The maximum absolute atomic E-state index is 11.2. The van der Waals surface area contributed by atoms with Crippen LogP contribution in [0, 0.1) is 29.1 Å². The molecule has 0 spiro atoms. The molecule has 0 aromatic heterocycles. The van der Waals surface area contributed by atoms with Crippen LogP contribution in [0.1, 0.15) is 64.2 Å². The largest absolute Gasteiger partial charge is 0.479 e. The van der Waals surface area contributed by atoms with Crippen molar-refractivity contribution in [1.82, 2.24) is 4.90 Å². The van der Waals surface area contributed by atoms with Crippen molar-refractivity contribution in [1.29, 1.82) is 5.26 Å². The van der Waals surface area contributed by atoms with E-state index in [2.05, 4.69) is 39.6 Å². The van der Waals surface area contributed by atoms with Gasteiger partial charge < -0.3 is 9.84 Å². The van der Waals surface area contributed by atoms with E-state index >= 15 is 0 Å². The highest BCUT2D eigenvalue weighted by Crippen LogP contribution is 2.43. The summed E-state index contributed by atoms with van der Waals surface area (Å²) in [7, 11) is 0. The Morgan fingerprint density at radius 1 is 1.14 bits per heavy atom. The van der Waals surface area contributed by atoms with Crippen LogP contribution >= 0.6 is 22.6 Å². The summed E-state index contributed by atoms with van der Waals surface area (Å²) in [6, 6.07) is 3.14. The molecule has 5 nitrogen and oxygen atoms in total. The predicted molar refractivity (Wildman–Crippen MR) is 120 cm³/mol. The average molecular weight is 512 g/mol. The number of nitriles is 1. The molecule has 2 saturated carbocycles. The van der Waals surface area contributed by atoms with Crippen molar-refractivity contribution in [3.05, 3.63) is 11.6 Å². The smallest absolute Gasteiger partial charge is 0.332 e. The summed E-state index contributed by atoms with van der Waals surface area (Å²) in [6.07, 6.45) is 13.1. The number of carbonyl (C=O) groups is 1. The fraction of sp³-hybridized carbons (Fsp3) is 0.826. The zero-order valence-corrected chi connectivity index (χ0v) is 19.3. The third-order valence-corrected chi connectivity index (χ3v) is 8.93. The van der Waals surface area contributed by atoms with Gasteiger partial charge in [0.15, 0.2) is 6.10 Å². The first-order chi connectivity index (χ1) is 14.0. The first kappa shape index (κ1) is 21.6. The topological polar surface area (TPSA) is 73.6 Å². The lowest BCUT2D eigenvalue weighted by Gasteiger charge is -2.33. The highest BCUT2D eigenvalue weighted by atomic mass is 127. The molecular formula is C23H33IN2O3. The molecule has 2 saturated heterocycles. The first-order valence-electron chi connectivity index (χ1n) is 11.4. The summed E-state index contributed by atoms with van der Waals surface area (Å²) in [5.41, 5.74) is 1.03. The van der Waals surface area contributed by atoms with Gasteiger partial charge in [-0.15, -0.1) is 0 Å². The minimum absolute atomic E-state index is 0.0378. The second kappa shape index (κ2) is 9.65. The monoisotopic (exact) mass is 512 g/mol. The number of carboxylic acids is 1. The predicted octanol–water partition coefficient (Wildman–Crippen LogP) is 4.55. The van der Waals surface area contributed by atoms with Gasteiger partial charge in [-0.3, -0.25) is 4.90 Å². The number of allylic oxidation sites excluding steroid dienone is 1. The van der Waals surface area contributed by atoms with E-state index in [9.17, 15) is 15.2 Å². The molecule has 4 rings (SSSR count). The molecule has 5 atom stereocenters. The molecule has 0 radical (unpaired) electrons. The van der Waals surface area contributed by atoms with Crippen molar-refractivity contribution in [2.75, 3.05) is 13.1 Å². The highest BCUT2D eigenvalue weighted by molar-refractivity contribution is 14.1. The maximum atomic E-state index is 11.2. The van der Waals surface area contributed by atoms with E-state index in [4.69, 9.17) is 4.74 Å². The number of hydrogen-bond acceptors (Lipinski definition) is 4. The Kier molecular flexibility index (Phi) is 7.18. The zero-order chi connectivity index (χ0) is 20.4. The second-order valence-corrected chi connectivity index (χ2v) is 11.2. The van der Waals surface area contributed by atoms with Gasteiger partial charge in [-0.05, 0) is 69.1 Å². The van der Waals surface area contributed by atoms with Gasteiger partial charge in [-0.1, -0.05) is 41.5 Å². The molecule has 160 valence electrons. The quantitative estimate of drug-likeness (QED) is 0.333. The van der Waals surface area contributed by atoms with Crippen molar-refractivity contribution < 1.29 is 14.6 Å². The van der Waals surface area contributed by atoms with Crippen LogP contribution in [0.25, 0.3) is 0 Å². The number of nitrogens with zero attached hydrogens (tertiary/aromatic N) is 2. The molecule has 0 aromatic rings. The van der Waals surface area contributed by atoms with Gasteiger partial charge in [0.05, 0.1) is 12.2 Å². The molecule has 0 amide bonds. The Balaban J connectivity index is 1.43. The number of likely N-dealkylation sites (tertiary alicyclic amines) is 1. The number of aliphatic carboxylic acids is 1. The Bertz CT molecular complexity index is 668. The number of alkyl halides is 1. The molecule has 0 aromatic carbocycles. The fourth-order valence-electron chi connectivity index (χ4n) is 6.16. The summed E-state index contributed by atoms with van der Waals surface area (Å²) < 4.78 is 6.57. The van der Waals surface area contributed by atoms with Crippen molar-refractivity contribution >= 4 is 28.6 Å². The molecule has 6 heteroatoms. The summed E-state index contributed by atoms with van der Waals surface area (Å²) in [5.74, 6) is 0.732. The van der Waals surface area contributed by atoms with Gasteiger partial charge in [-0.25, -0.2) is 4.79 Å². The maximum Gasteiger partial charge on any atom is 0.332 e. The van der Waals surface area contributed by atoms with Crippen molar-refractivity contribution in [3.8, 4) is 6.07 Å². The van der Waals surface area contributed by atoms with Gasteiger partial charge in [0.1, 0.15) is 0 Å². The van der Waals surface area contributed by atoms with E-state index in [-0.39, 0.29) is 6.10 Å². The van der Waals surface area contributed by atoms with E-state index < -0.39 is 12.1 Å². The fourth-order valence-corrected chi connectivity index (χ4v) is 6.88. The molecule has 2 aliphatic heterocycles. The second-order valence-electron chi connectivity index (χ2n) is 9.48. The number of rotatable bonds is 5. The Morgan fingerprint density at radius 3 is 2.59 bits per heavy atom. The molecule has 29 heavy (non-hydrogen) atoms. The van der Waals surface area contributed by atoms with Crippen LogP contribution in [0.4, 0.5) is 0 Å². The molecule has 4 fully saturated rings. The van der Waals surface area contributed by atoms with Crippen LogP contribution in [0.5, 0.6) is 0 Å². The lowest BCUT2D eigenvalue weighted by atomic mass is 9.77. The molecule has 1 N–H and O–H groups in total. The van der Waals surface area contributed by atoms with E-state index in [1.54, 1.807) is 0 Å². The minimum atomic E-state index is -0.829. The van der Waals surface area contributed by atoms with Gasteiger partial charge in [0.25, 0.3) is 0 Å². The Hall–Kier alpha value is -0.650. The summed E-state index contributed by atoms with van der Waals surface area (Å²) in [6.45, 7) is 1.84. The van der Waals surface area contributed by atoms with Crippen LogP contribution in [-0.2, 0) is 9.53 Å². The van der Waals surface area contributed by atoms with E-state index in [0.717, 1.165) is 41.8 Å². The Morgan fingerprint density at radius 2 is 1.90 bits per heavy atom. The third kappa shape index (κ3) is 4.99. The van der Waals surface area contributed by atoms with Gasteiger partial charge >= 0.3 is 5.97 Å². The number of hydrogen-bond donors (Lipinski definition) is 1. The number of halogens is 1. The molecule has 0 bridgehead atoms. The standard InChI is InChI=1S/C23H33IN2O3/c24-18-7-5-15(6-8-18)16(12-25)11-17-13-26(21-4-2-1-3-20(17)21)14-19-9-10-22(29-19)23(27)28/h11,15,17-22H,1-10,13-14H2,(H,27,28)/b16-11-. The highest BCUT2D eigenvalue weighted by Gasteiger charge is 2.44. The van der Waals surface area contributed by atoms with Gasteiger partial charge in [-0.2, -0.15) is 5.26 Å². The normalized spacial score (nSPS) is 41.1. The van der Waals surface area contributed by atoms with Crippen LogP contribution in [0.2, 0.25) is 0 Å². The zero-order valence-electron chi connectivity index (χ0n) is 17.1. The summed E-state index contributed by atoms with van der Waals surface area (Å²) in [4.78, 5) is 13.8. The van der Waals surface area contributed by atoms with Crippen LogP contribution in [0.3, 0.4) is 0 Å². The summed E-state index contributed by atoms with van der Waals surface area (Å²) in [5, 5.41) is 19.1. The number of fused-ring (bicyclic) bond motifs is 1. The lowest BCUT2D eigenvalue weighted by molar-refractivity contribution is -0.149. The first-order valence-corrected chi connectivity index (χ1v) is 12.7. The Labute approximate surface area is 188 Å². The van der Waals surface area contributed by atoms with E-state index in [0.29, 0.717) is 30.2 Å². The van der Waals surface area contributed by atoms with E-state index in [1.807, 2.05) is 0 Å². The van der Waals surface area contributed by atoms with Crippen molar-refractivity contribution in [3.63, 3.8) is 0 Å². The molecule has 5 unspecified atom stereocenters. The summed E-state index contributed by atoms with van der Waals surface area (Å²) >= 11 is 2.55. The van der Waals surface area contributed by atoms with Crippen LogP contribution < -0.4 is 0 Å². The van der Waals surface area contributed by atoms with Crippen LogP contribution in [-0.4, -0.2) is 51.2 Å². The number of carboxylic acid groups (broad SMARTS) is 1. The van der Waals surface area contributed by atoms with Gasteiger partial charge in [0, 0.05) is 28.6 Å².